The van der Waals surface area contributed by atoms with E-state index in [-0.39, 0.29) is 0 Å². The van der Waals surface area contributed by atoms with E-state index in [9.17, 15) is 0 Å². The van der Waals surface area contributed by atoms with Crippen molar-refractivity contribution in [2.45, 2.75) is 0 Å². The van der Waals surface area contributed by atoms with Gasteiger partial charge in [-0.3, -0.25) is 0 Å². The summed E-state index contributed by atoms with van der Waals surface area (Å²) in [6.45, 7) is 6.79. The quantitative estimate of drug-likeness (QED) is 0.479. The molecule has 6 nitrogen and oxygen atoms in total. The minimum atomic E-state index is 0.654. The van der Waals surface area contributed by atoms with Crippen molar-refractivity contribution in [3.8, 4) is 0 Å². The van der Waals surface area contributed by atoms with Crippen LogP contribution >= 0.6 is 0 Å². The highest BCUT2D eigenvalue weighted by atomic mass is 16.5. The van der Waals surface area contributed by atoms with Gasteiger partial charge in [-0.15, -0.1) is 0 Å². The maximum absolute atomic E-state index is 5.44. The van der Waals surface area contributed by atoms with Crippen LogP contribution in [0.5, 0.6) is 0 Å². The first-order chi connectivity index (χ1) is 9.36. The van der Waals surface area contributed by atoms with Crippen molar-refractivity contribution in [1.82, 2.24) is 9.80 Å². The Morgan fingerprint density at radius 1 is 0.737 bits per heavy atom. The average Bonchev–Trinajstić information content (AvgIpc) is 2.86. The van der Waals surface area contributed by atoms with Crippen LogP contribution in [0.15, 0.2) is 12.4 Å². The van der Waals surface area contributed by atoms with Crippen LogP contribution in [0.4, 0.5) is 0 Å². The zero-order chi connectivity index (χ0) is 13.8. The molecule has 1 aliphatic rings. The maximum Gasteiger partial charge on any atom is 0.0895 e. The Kier molecular flexibility index (Phi) is 9.44. The molecule has 0 unspecified atom stereocenters. The van der Waals surface area contributed by atoms with Crippen LogP contribution in [-0.4, -0.2) is 83.4 Å². The van der Waals surface area contributed by atoms with Crippen molar-refractivity contribution >= 4 is 0 Å². The molecule has 0 radical (unpaired) electrons. The van der Waals surface area contributed by atoms with Gasteiger partial charge < -0.3 is 28.7 Å². The minimum Gasteiger partial charge on any atom is -0.382 e. The van der Waals surface area contributed by atoms with E-state index < -0.39 is 0 Å². The molecule has 0 bridgehead atoms. The predicted molar refractivity (Wildman–Crippen MR) is 72.8 cm³/mol. The lowest BCUT2D eigenvalue weighted by molar-refractivity contribution is 0.0528. The zero-order valence-electron chi connectivity index (χ0n) is 12.0. The highest BCUT2D eigenvalue weighted by molar-refractivity contribution is 4.90. The second-order valence-corrected chi connectivity index (χ2v) is 4.27. The highest BCUT2D eigenvalue weighted by Gasteiger charge is 2.11. The summed E-state index contributed by atoms with van der Waals surface area (Å²) in [6, 6.07) is 0. The molecule has 0 aliphatic carbocycles. The summed E-state index contributed by atoms with van der Waals surface area (Å²) in [4.78, 5) is 4.45. The van der Waals surface area contributed by atoms with Crippen LogP contribution in [0.1, 0.15) is 0 Å². The fraction of sp³-hybridized carbons (Fsp3) is 0.846. The van der Waals surface area contributed by atoms with Crippen LogP contribution in [0.3, 0.4) is 0 Å². The van der Waals surface area contributed by atoms with Gasteiger partial charge in [-0.05, 0) is 0 Å². The van der Waals surface area contributed by atoms with Gasteiger partial charge in [0.2, 0.25) is 0 Å². The van der Waals surface area contributed by atoms with E-state index >= 15 is 0 Å². The normalized spacial score (nSPS) is 14.6. The molecule has 1 rings (SSSR count). The van der Waals surface area contributed by atoms with E-state index in [0.29, 0.717) is 26.4 Å². The van der Waals surface area contributed by atoms with E-state index in [0.717, 1.165) is 33.0 Å². The van der Waals surface area contributed by atoms with Gasteiger partial charge in [0.15, 0.2) is 0 Å². The first-order valence-corrected chi connectivity index (χ1v) is 6.66. The molecule has 1 aliphatic heterocycles. The molecule has 0 aromatic heterocycles. The topological polar surface area (TPSA) is 43.4 Å². The summed E-state index contributed by atoms with van der Waals surface area (Å²) in [7, 11) is 3.36. The van der Waals surface area contributed by atoms with Gasteiger partial charge in [-0.1, -0.05) is 0 Å². The molecule has 0 aromatic carbocycles. The molecule has 112 valence electrons. The molecule has 19 heavy (non-hydrogen) atoms. The Bertz CT molecular complexity index is 217. The molecular weight excluding hydrogens is 248 g/mol. The molecule has 0 spiro atoms. The van der Waals surface area contributed by atoms with E-state index in [1.165, 1.54) is 0 Å². The van der Waals surface area contributed by atoms with Crippen LogP contribution < -0.4 is 0 Å². The van der Waals surface area contributed by atoms with E-state index in [2.05, 4.69) is 22.2 Å². The molecule has 0 saturated heterocycles. The van der Waals surface area contributed by atoms with Crippen molar-refractivity contribution in [3.05, 3.63) is 12.4 Å². The number of hydrogen-bond acceptors (Lipinski definition) is 6. The zero-order valence-corrected chi connectivity index (χ0v) is 12.0. The summed E-state index contributed by atoms with van der Waals surface area (Å²) in [5.74, 6) is 0. The summed E-state index contributed by atoms with van der Waals surface area (Å²) in [5.41, 5.74) is 0. The van der Waals surface area contributed by atoms with E-state index in [1.807, 2.05) is 0 Å². The summed E-state index contributed by atoms with van der Waals surface area (Å²) >= 11 is 0. The van der Waals surface area contributed by atoms with Gasteiger partial charge >= 0.3 is 0 Å². The fourth-order valence-electron chi connectivity index (χ4n) is 1.66. The Morgan fingerprint density at radius 3 is 1.63 bits per heavy atom. The second-order valence-electron chi connectivity index (χ2n) is 4.27. The number of rotatable bonds is 12. The maximum atomic E-state index is 5.44. The van der Waals surface area contributed by atoms with Gasteiger partial charge in [-0.25, -0.2) is 0 Å². The van der Waals surface area contributed by atoms with Crippen molar-refractivity contribution in [2.75, 3.05) is 73.6 Å². The molecule has 0 fully saturated rings. The monoisotopic (exact) mass is 274 g/mol. The Hall–Kier alpha value is -0.820. The van der Waals surface area contributed by atoms with Gasteiger partial charge in [0.05, 0.1) is 46.3 Å². The summed E-state index contributed by atoms with van der Waals surface area (Å²) < 4.78 is 20.7. The minimum absolute atomic E-state index is 0.654. The third-order valence-electron chi connectivity index (χ3n) is 2.76. The lowest BCUT2D eigenvalue weighted by Crippen LogP contribution is -2.30. The molecule has 0 saturated carbocycles. The standard InChI is InChI=1S/C13H26N2O4/c1-16-9-11-18-7-5-14-3-4-15(13-14)6-8-19-12-10-17-2/h3-4H,5-13H2,1-2H3. The molecule has 0 amide bonds. The van der Waals surface area contributed by atoms with Crippen molar-refractivity contribution < 1.29 is 18.9 Å². The van der Waals surface area contributed by atoms with E-state index in [1.54, 1.807) is 14.2 Å². The summed E-state index contributed by atoms with van der Waals surface area (Å²) in [5, 5.41) is 0. The highest BCUT2D eigenvalue weighted by Crippen LogP contribution is 2.05. The first kappa shape index (κ1) is 16.2. The molecule has 0 aromatic rings. The lowest BCUT2D eigenvalue weighted by Gasteiger charge is -2.21. The van der Waals surface area contributed by atoms with Crippen molar-refractivity contribution in [1.29, 1.82) is 0 Å². The largest absolute Gasteiger partial charge is 0.382 e. The van der Waals surface area contributed by atoms with Crippen LogP contribution in [0, 0.1) is 0 Å². The molecule has 6 heteroatoms. The van der Waals surface area contributed by atoms with Crippen LogP contribution in [0.2, 0.25) is 0 Å². The average molecular weight is 274 g/mol. The number of methoxy groups -OCH3 is 2. The van der Waals surface area contributed by atoms with Gasteiger partial charge in [0, 0.05) is 39.7 Å². The number of ether oxygens (including phenoxy) is 4. The molecule has 0 atom stereocenters. The molecular formula is C13H26N2O4. The van der Waals surface area contributed by atoms with Gasteiger partial charge in [0.25, 0.3) is 0 Å². The van der Waals surface area contributed by atoms with Crippen molar-refractivity contribution in [3.63, 3.8) is 0 Å². The lowest BCUT2D eigenvalue weighted by atomic mass is 10.6. The number of nitrogens with zero attached hydrogens (tertiary/aromatic N) is 2. The number of hydrogen-bond donors (Lipinski definition) is 0. The Balaban J connectivity index is 1.93. The van der Waals surface area contributed by atoms with Crippen LogP contribution in [-0.2, 0) is 18.9 Å². The first-order valence-electron chi connectivity index (χ1n) is 6.66. The van der Waals surface area contributed by atoms with Crippen molar-refractivity contribution in [2.24, 2.45) is 0 Å². The fourth-order valence-corrected chi connectivity index (χ4v) is 1.66. The van der Waals surface area contributed by atoms with E-state index in [4.69, 9.17) is 18.9 Å². The van der Waals surface area contributed by atoms with Gasteiger partial charge in [-0.2, -0.15) is 0 Å². The third-order valence-corrected chi connectivity index (χ3v) is 2.76. The third kappa shape index (κ3) is 8.05. The van der Waals surface area contributed by atoms with Gasteiger partial charge in [0.1, 0.15) is 0 Å². The smallest absolute Gasteiger partial charge is 0.0895 e. The SMILES string of the molecule is COCCOCCN1C=CN(CCOCCOC)C1. The molecule has 1 heterocycles. The Morgan fingerprint density at radius 2 is 1.21 bits per heavy atom. The molecule has 0 N–H and O–H groups in total. The Labute approximate surface area is 115 Å². The van der Waals surface area contributed by atoms with Crippen LogP contribution in [0.25, 0.3) is 0 Å². The predicted octanol–water partition coefficient (Wildman–Crippen LogP) is 0.359. The summed E-state index contributed by atoms with van der Waals surface area (Å²) in [6.07, 6.45) is 4.18. The second kappa shape index (κ2) is 11.0.